The molecular weight excluding hydrogens is 436 g/mol. The van der Waals surface area contributed by atoms with Gasteiger partial charge in [0, 0.05) is 36.8 Å². The Balaban J connectivity index is 1.46. The van der Waals surface area contributed by atoms with E-state index in [1.54, 1.807) is 24.8 Å². The van der Waals surface area contributed by atoms with Gasteiger partial charge in [-0.05, 0) is 48.9 Å². The Bertz CT molecular complexity index is 1650. The van der Waals surface area contributed by atoms with Crippen LogP contribution in [-0.4, -0.2) is 34.1 Å². The number of aryl methyl sites for hydroxylation is 1. The molecule has 6 aromatic rings. The molecule has 0 fully saturated rings. The number of imidazole rings is 1. The van der Waals surface area contributed by atoms with Gasteiger partial charge in [-0.25, -0.2) is 23.7 Å². The lowest BCUT2D eigenvalue weighted by atomic mass is 10.2. The minimum Gasteiger partial charge on any atom is -0.322 e. The summed E-state index contributed by atoms with van der Waals surface area (Å²) in [4.78, 5) is 22.5. The Labute approximate surface area is 192 Å². The second-order valence-corrected chi connectivity index (χ2v) is 7.95. The molecule has 0 unspecified atom stereocenters. The van der Waals surface area contributed by atoms with Crippen LogP contribution in [0.2, 0.25) is 0 Å². The normalized spacial score (nSPS) is 11.5. The van der Waals surface area contributed by atoms with Gasteiger partial charge in [0.1, 0.15) is 23.0 Å². The highest BCUT2D eigenvalue weighted by molar-refractivity contribution is 5.79. The maximum Gasteiger partial charge on any atom is 0.178 e. The van der Waals surface area contributed by atoms with Crippen molar-refractivity contribution in [2.75, 3.05) is 0 Å². The number of aromatic nitrogens is 7. The van der Waals surface area contributed by atoms with Gasteiger partial charge in [-0.1, -0.05) is 0 Å². The minimum atomic E-state index is -0.613. The van der Waals surface area contributed by atoms with Crippen LogP contribution in [-0.2, 0) is 6.54 Å². The summed E-state index contributed by atoms with van der Waals surface area (Å²) in [7, 11) is 0. The molecule has 0 saturated heterocycles. The predicted octanol–water partition coefficient (Wildman–Crippen LogP) is 4.86. The summed E-state index contributed by atoms with van der Waals surface area (Å²) in [6.45, 7) is 2.10. The zero-order valence-electron chi connectivity index (χ0n) is 18.0. The highest BCUT2D eigenvalue weighted by Gasteiger charge is 2.14. The first-order valence-corrected chi connectivity index (χ1v) is 10.6. The fourth-order valence-corrected chi connectivity index (χ4v) is 4.09. The molecule has 0 bridgehead atoms. The Kier molecular flexibility index (Phi) is 4.61. The third-order valence-corrected chi connectivity index (χ3v) is 5.67. The zero-order chi connectivity index (χ0) is 23.2. The number of hydrogen-bond acceptors (Lipinski definition) is 5. The molecule has 9 heteroatoms. The molecule has 5 heterocycles. The van der Waals surface area contributed by atoms with E-state index in [-0.39, 0.29) is 6.54 Å². The van der Waals surface area contributed by atoms with Crippen LogP contribution in [0.5, 0.6) is 0 Å². The fourth-order valence-electron chi connectivity index (χ4n) is 4.09. The number of fused-ring (bicyclic) bond motifs is 2. The second-order valence-electron chi connectivity index (χ2n) is 7.95. The van der Waals surface area contributed by atoms with E-state index in [4.69, 9.17) is 4.98 Å². The summed E-state index contributed by atoms with van der Waals surface area (Å²) in [6, 6.07) is 11.1. The van der Waals surface area contributed by atoms with Gasteiger partial charge < -0.3 is 4.57 Å². The lowest BCUT2D eigenvalue weighted by Crippen LogP contribution is -2.04. The smallest absolute Gasteiger partial charge is 0.178 e. The maximum absolute atomic E-state index is 13.7. The van der Waals surface area contributed by atoms with Gasteiger partial charge in [0.25, 0.3) is 0 Å². The Morgan fingerprint density at radius 3 is 2.56 bits per heavy atom. The fraction of sp³-hybridized carbons (Fsp3) is 0.0800. The standard InChI is InChI=1S/C25H17F2N7/c1-15-31-24-23(34(15)14-16-7-18(26)9-19(27)8-16)10-20(12-30-24)33-6-4-21-25(33)32-22(13-29-21)17-3-2-5-28-11-17/h2-13H,14H2,1H3. The molecule has 0 spiro atoms. The molecule has 7 nitrogen and oxygen atoms in total. The molecule has 0 atom stereocenters. The topological polar surface area (TPSA) is 74.3 Å². The Morgan fingerprint density at radius 1 is 0.912 bits per heavy atom. The van der Waals surface area contributed by atoms with Crippen molar-refractivity contribution >= 4 is 22.3 Å². The molecular formula is C25H17F2N7. The molecule has 0 aliphatic rings. The summed E-state index contributed by atoms with van der Waals surface area (Å²) < 4.78 is 31.2. The van der Waals surface area contributed by atoms with Crippen LogP contribution in [0.25, 0.3) is 39.3 Å². The van der Waals surface area contributed by atoms with Crippen molar-refractivity contribution in [2.24, 2.45) is 0 Å². The van der Waals surface area contributed by atoms with Crippen LogP contribution in [0.4, 0.5) is 8.78 Å². The van der Waals surface area contributed by atoms with Crippen molar-refractivity contribution in [1.29, 1.82) is 0 Å². The monoisotopic (exact) mass is 453 g/mol. The van der Waals surface area contributed by atoms with Crippen molar-refractivity contribution in [1.82, 2.24) is 34.1 Å². The Hall–Kier alpha value is -4.53. The number of rotatable bonds is 4. The molecule has 6 rings (SSSR count). The first kappa shape index (κ1) is 20.1. The molecule has 0 aliphatic carbocycles. The van der Waals surface area contributed by atoms with Gasteiger partial charge in [-0.3, -0.25) is 14.5 Å². The molecule has 0 saturated carbocycles. The van der Waals surface area contributed by atoms with Crippen molar-refractivity contribution < 1.29 is 8.78 Å². The average Bonchev–Trinajstić information content (AvgIpc) is 3.39. The summed E-state index contributed by atoms with van der Waals surface area (Å²) >= 11 is 0. The number of benzene rings is 1. The van der Waals surface area contributed by atoms with E-state index in [9.17, 15) is 8.78 Å². The minimum absolute atomic E-state index is 0.263. The van der Waals surface area contributed by atoms with Crippen LogP contribution < -0.4 is 0 Å². The quantitative estimate of drug-likeness (QED) is 0.381. The largest absolute Gasteiger partial charge is 0.322 e. The van der Waals surface area contributed by atoms with E-state index >= 15 is 0 Å². The summed E-state index contributed by atoms with van der Waals surface area (Å²) in [5.74, 6) is -0.532. The first-order valence-electron chi connectivity index (χ1n) is 10.6. The highest BCUT2D eigenvalue weighted by Crippen LogP contribution is 2.24. The summed E-state index contributed by atoms with van der Waals surface area (Å²) in [5.41, 5.74) is 5.58. The van der Waals surface area contributed by atoms with Crippen molar-refractivity contribution in [3.8, 4) is 16.9 Å². The second kappa shape index (κ2) is 7.80. The highest BCUT2D eigenvalue weighted by atomic mass is 19.1. The molecule has 34 heavy (non-hydrogen) atoms. The van der Waals surface area contributed by atoms with Crippen LogP contribution >= 0.6 is 0 Å². The number of halogens is 2. The predicted molar refractivity (Wildman–Crippen MR) is 123 cm³/mol. The van der Waals surface area contributed by atoms with E-state index in [1.807, 2.05) is 46.5 Å². The van der Waals surface area contributed by atoms with Crippen LogP contribution in [0, 0.1) is 18.6 Å². The van der Waals surface area contributed by atoms with E-state index in [2.05, 4.69) is 19.9 Å². The number of hydrogen-bond donors (Lipinski definition) is 0. The van der Waals surface area contributed by atoms with Gasteiger partial charge in [0.15, 0.2) is 11.3 Å². The average molecular weight is 453 g/mol. The van der Waals surface area contributed by atoms with E-state index < -0.39 is 11.6 Å². The van der Waals surface area contributed by atoms with Crippen LogP contribution in [0.3, 0.4) is 0 Å². The van der Waals surface area contributed by atoms with Gasteiger partial charge in [0.2, 0.25) is 0 Å². The van der Waals surface area contributed by atoms with Crippen LogP contribution in [0.15, 0.2) is 73.4 Å². The van der Waals surface area contributed by atoms with Crippen molar-refractivity contribution in [2.45, 2.75) is 13.5 Å². The first-order chi connectivity index (χ1) is 16.5. The molecule has 0 aliphatic heterocycles. The lowest BCUT2D eigenvalue weighted by molar-refractivity contribution is 0.577. The lowest BCUT2D eigenvalue weighted by Gasteiger charge is -2.09. The summed E-state index contributed by atoms with van der Waals surface area (Å²) in [6.07, 6.45) is 8.78. The van der Waals surface area contributed by atoms with Crippen molar-refractivity contribution in [3.05, 3.63) is 96.5 Å². The third-order valence-electron chi connectivity index (χ3n) is 5.67. The van der Waals surface area contributed by atoms with Crippen LogP contribution in [0.1, 0.15) is 11.4 Å². The zero-order valence-corrected chi connectivity index (χ0v) is 18.0. The van der Waals surface area contributed by atoms with E-state index in [1.165, 1.54) is 12.1 Å². The number of nitrogens with zero attached hydrogens (tertiary/aromatic N) is 7. The maximum atomic E-state index is 13.7. The third kappa shape index (κ3) is 3.47. The SMILES string of the molecule is Cc1nc2ncc(-n3ccc4ncc(-c5cccnc5)nc43)cc2n1Cc1cc(F)cc(F)c1. The van der Waals surface area contributed by atoms with E-state index in [0.29, 0.717) is 28.4 Å². The molecule has 0 N–H and O–H groups in total. The van der Waals surface area contributed by atoms with Gasteiger partial charge in [-0.15, -0.1) is 0 Å². The number of pyridine rings is 2. The van der Waals surface area contributed by atoms with Gasteiger partial charge in [-0.2, -0.15) is 0 Å². The molecule has 1 aromatic carbocycles. The molecule has 166 valence electrons. The molecule has 0 amide bonds. The molecule has 0 radical (unpaired) electrons. The van der Waals surface area contributed by atoms with Gasteiger partial charge in [0.05, 0.1) is 29.3 Å². The summed E-state index contributed by atoms with van der Waals surface area (Å²) in [5, 5.41) is 0. The van der Waals surface area contributed by atoms with Gasteiger partial charge >= 0.3 is 0 Å². The van der Waals surface area contributed by atoms with Crippen molar-refractivity contribution in [3.63, 3.8) is 0 Å². The Morgan fingerprint density at radius 2 is 1.76 bits per heavy atom. The van der Waals surface area contributed by atoms with E-state index in [0.717, 1.165) is 28.4 Å². The molecule has 5 aromatic heterocycles.